The van der Waals surface area contributed by atoms with Crippen LogP contribution in [0, 0.1) is 0 Å². The third-order valence-corrected chi connectivity index (χ3v) is 3.81. The lowest BCUT2D eigenvalue weighted by Gasteiger charge is -2.32. The fourth-order valence-electron chi connectivity index (χ4n) is 2.62. The maximum atomic E-state index is 5.82. The number of likely N-dealkylation sites (N-methyl/N-ethyl adjacent to an activating group) is 1. The number of rotatable bonds is 7. The van der Waals surface area contributed by atoms with Crippen molar-refractivity contribution in [2.24, 2.45) is 0 Å². The van der Waals surface area contributed by atoms with Crippen molar-refractivity contribution in [3.8, 4) is 0 Å². The van der Waals surface area contributed by atoms with Gasteiger partial charge < -0.3 is 15.4 Å². The quantitative estimate of drug-likeness (QED) is 0.796. The predicted octanol–water partition coefficient (Wildman–Crippen LogP) is 1.60. The third kappa shape index (κ3) is 4.28. The molecule has 0 bridgehead atoms. The van der Waals surface area contributed by atoms with E-state index in [1.165, 1.54) is 0 Å². The molecule has 6 nitrogen and oxygen atoms in total. The minimum atomic E-state index is 0.223. The molecule has 0 saturated carbocycles. The molecule has 1 aromatic rings. The predicted molar refractivity (Wildman–Crippen MR) is 85.9 cm³/mol. The topological polar surface area (TPSA) is 62.3 Å². The zero-order valence-corrected chi connectivity index (χ0v) is 13.4. The van der Waals surface area contributed by atoms with Crippen LogP contribution >= 0.6 is 0 Å². The van der Waals surface area contributed by atoms with Gasteiger partial charge in [0.05, 0.1) is 12.7 Å². The Balaban J connectivity index is 1.97. The van der Waals surface area contributed by atoms with Gasteiger partial charge in [0.1, 0.15) is 18.0 Å². The molecule has 1 saturated heterocycles. The van der Waals surface area contributed by atoms with Gasteiger partial charge in [0.2, 0.25) is 0 Å². The molecule has 1 fully saturated rings. The molecule has 2 N–H and O–H groups in total. The summed E-state index contributed by atoms with van der Waals surface area (Å²) in [6.07, 6.45) is 2.73. The second kappa shape index (κ2) is 8.14. The van der Waals surface area contributed by atoms with Crippen LogP contribution in [0.25, 0.3) is 0 Å². The molecule has 1 unspecified atom stereocenters. The Morgan fingerprint density at radius 3 is 2.67 bits per heavy atom. The Kier molecular flexibility index (Phi) is 6.20. The van der Waals surface area contributed by atoms with E-state index >= 15 is 0 Å². The fraction of sp³-hybridized carbons (Fsp3) is 0.733. The highest BCUT2D eigenvalue weighted by molar-refractivity contribution is 5.57. The van der Waals surface area contributed by atoms with Crippen LogP contribution in [0.3, 0.4) is 0 Å². The number of anilines is 2. The van der Waals surface area contributed by atoms with Gasteiger partial charge in [0.15, 0.2) is 0 Å². The van der Waals surface area contributed by atoms with Crippen LogP contribution in [0.4, 0.5) is 11.6 Å². The van der Waals surface area contributed by atoms with E-state index in [9.17, 15) is 0 Å². The van der Waals surface area contributed by atoms with Crippen molar-refractivity contribution in [1.82, 2.24) is 14.9 Å². The Morgan fingerprint density at radius 1 is 1.24 bits per heavy atom. The van der Waals surface area contributed by atoms with E-state index in [2.05, 4.69) is 46.3 Å². The molecule has 0 amide bonds. The van der Waals surface area contributed by atoms with Crippen molar-refractivity contribution < 1.29 is 4.74 Å². The summed E-state index contributed by atoms with van der Waals surface area (Å²) in [6, 6.07) is 0. The third-order valence-electron chi connectivity index (χ3n) is 3.81. The minimum Gasteiger partial charge on any atom is -0.374 e. The van der Waals surface area contributed by atoms with Crippen molar-refractivity contribution in [3.05, 3.63) is 11.9 Å². The molecule has 2 rings (SSSR count). The Morgan fingerprint density at radius 2 is 2.00 bits per heavy atom. The standard InChI is InChI=1S/C15H27N5O/c1-4-13-14(16-5-2)18-11-19-15(13)17-9-12-10-20(6-3)7-8-21-12/h11-12H,4-10H2,1-3H3,(H2,16,17,18,19). The highest BCUT2D eigenvalue weighted by atomic mass is 16.5. The second-order valence-corrected chi connectivity index (χ2v) is 5.20. The van der Waals surface area contributed by atoms with Gasteiger partial charge in [-0.15, -0.1) is 0 Å². The van der Waals surface area contributed by atoms with Crippen LogP contribution in [-0.4, -0.2) is 60.3 Å². The van der Waals surface area contributed by atoms with Crippen LogP contribution in [0.15, 0.2) is 6.33 Å². The lowest BCUT2D eigenvalue weighted by atomic mass is 10.2. The van der Waals surface area contributed by atoms with Crippen LogP contribution in [0.1, 0.15) is 26.3 Å². The summed E-state index contributed by atoms with van der Waals surface area (Å²) in [5.74, 6) is 1.85. The summed E-state index contributed by atoms with van der Waals surface area (Å²) >= 11 is 0. The van der Waals surface area contributed by atoms with Crippen molar-refractivity contribution in [1.29, 1.82) is 0 Å². The van der Waals surface area contributed by atoms with Crippen molar-refractivity contribution in [2.75, 3.05) is 50.0 Å². The average Bonchev–Trinajstić information content (AvgIpc) is 2.53. The molecule has 1 aromatic heterocycles. The first-order valence-electron chi connectivity index (χ1n) is 7.94. The molecule has 0 aliphatic carbocycles. The summed E-state index contributed by atoms with van der Waals surface area (Å²) < 4.78 is 5.82. The number of nitrogens with one attached hydrogen (secondary N) is 2. The molecule has 118 valence electrons. The summed E-state index contributed by atoms with van der Waals surface area (Å²) in [5, 5.41) is 6.73. The largest absolute Gasteiger partial charge is 0.374 e. The van der Waals surface area contributed by atoms with Gasteiger partial charge in [-0.2, -0.15) is 0 Å². The first-order chi connectivity index (χ1) is 10.3. The minimum absolute atomic E-state index is 0.223. The first kappa shape index (κ1) is 16.0. The van der Waals surface area contributed by atoms with Gasteiger partial charge in [-0.05, 0) is 19.9 Å². The molecule has 1 aliphatic rings. The molecular formula is C15H27N5O. The summed E-state index contributed by atoms with van der Waals surface area (Å²) in [4.78, 5) is 11.1. The van der Waals surface area contributed by atoms with E-state index in [0.717, 1.165) is 63.0 Å². The summed E-state index contributed by atoms with van der Waals surface area (Å²) in [5.41, 5.74) is 1.14. The van der Waals surface area contributed by atoms with Crippen LogP contribution in [-0.2, 0) is 11.2 Å². The molecule has 1 aliphatic heterocycles. The number of aromatic nitrogens is 2. The van der Waals surface area contributed by atoms with Gasteiger partial charge >= 0.3 is 0 Å². The van der Waals surface area contributed by atoms with Crippen LogP contribution < -0.4 is 10.6 Å². The number of hydrogen-bond donors (Lipinski definition) is 2. The smallest absolute Gasteiger partial charge is 0.134 e. The van der Waals surface area contributed by atoms with Crippen LogP contribution in [0.2, 0.25) is 0 Å². The first-order valence-corrected chi connectivity index (χ1v) is 7.94. The molecule has 0 spiro atoms. The lowest BCUT2D eigenvalue weighted by Crippen LogP contribution is -2.45. The van der Waals surface area contributed by atoms with Gasteiger partial charge in [0.25, 0.3) is 0 Å². The maximum absolute atomic E-state index is 5.82. The molecule has 0 aromatic carbocycles. The number of hydrogen-bond acceptors (Lipinski definition) is 6. The highest BCUT2D eigenvalue weighted by Crippen LogP contribution is 2.20. The van der Waals surface area contributed by atoms with Gasteiger partial charge in [-0.3, -0.25) is 4.90 Å². The average molecular weight is 293 g/mol. The van der Waals surface area contributed by atoms with Gasteiger partial charge in [-0.25, -0.2) is 9.97 Å². The Hall–Kier alpha value is -1.40. The lowest BCUT2D eigenvalue weighted by molar-refractivity contribution is -0.0192. The Labute approximate surface area is 127 Å². The maximum Gasteiger partial charge on any atom is 0.134 e. The summed E-state index contributed by atoms with van der Waals surface area (Å²) in [7, 11) is 0. The summed E-state index contributed by atoms with van der Waals surface area (Å²) in [6.45, 7) is 11.9. The van der Waals surface area contributed by atoms with E-state index in [0.29, 0.717) is 0 Å². The van der Waals surface area contributed by atoms with Crippen molar-refractivity contribution in [2.45, 2.75) is 33.3 Å². The fourth-order valence-corrected chi connectivity index (χ4v) is 2.62. The van der Waals surface area contributed by atoms with E-state index in [1.807, 2.05) is 0 Å². The van der Waals surface area contributed by atoms with Gasteiger partial charge in [0, 0.05) is 31.7 Å². The van der Waals surface area contributed by atoms with Gasteiger partial charge in [-0.1, -0.05) is 13.8 Å². The van der Waals surface area contributed by atoms with E-state index in [-0.39, 0.29) is 6.10 Å². The second-order valence-electron chi connectivity index (χ2n) is 5.20. The zero-order chi connectivity index (χ0) is 15.1. The van der Waals surface area contributed by atoms with Crippen molar-refractivity contribution >= 4 is 11.6 Å². The normalized spacial score (nSPS) is 19.5. The van der Waals surface area contributed by atoms with Crippen molar-refractivity contribution in [3.63, 3.8) is 0 Å². The van der Waals surface area contributed by atoms with Crippen LogP contribution in [0.5, 0.6) is 0 Å². The number of nitrogens with zero attached hydrogens (tertiary/aromatic N) is 3. The van der Waals surface area contributed by atoms with E-state index < -0.39 is 0 Å². The number of morpholine rings is 1. The molecule has 2 heterocycles. The monoisotopic (exact) mass is 293 g/mol. The molecular weight excluding hydrogens is 266 g/mol. The van der Waals surface area contributed by atoms with E-state index in [4.69, 9.17) is 4.74 Å². The molecule has 6 heteroatoms. The molecule has 1 atom stereocenters. The molecule has 21 heavy (non-hydrogen) atoms. The zero-order valence-electron chi connectivity index (χ0n) is 13.4. The number of ether oxygens (including phenoxy) is 1. The highest BCUT2D eigenvalue weighted by Gasteiger charge is 2.19. The van der Waals surface area contributed by atoms with E-state index in [1.54, 1.807) is 6.33 Å². The SMILES string of the molecule is CCNc1ncnc(NCC2CN(CC)CCO2)c1CC. The molecule has 0 radical (unpaired) electrons. The Bertz CT molecular complexity index is 440.